The van der Waals surface area contributed by atoms with Gasteiger partial charge in [-0.2, -0.15) is 0 Å². The molecule has 0 heterocycles. The second-order valence-electron chi connectivity index (χ2n) is 4.03. The molecule has 0 bridgehead atoms. The molecule has 72 valence electrons. The van der Waals surface area contributed by atoms with Gasteiger partial charge in [0.15, 0.2) is 0 Å². The molecular formula is C10H22N2. The predicted molar refractivity (Wildman–Crippen MR) is 53.1 cm³/mol. The van der Waals surface area contributed by atoms with E-state index in [2.05, 4.69) is 19.2 Å². The van der Waals surface area contributed by atoms with Crippen LogP contribution >= 0.6 is 0 Å². The van der Waals surface area contributed by atoms with Gasteiger partial charge in [0.05, 0.1) is 0 Å². The fourth-order valence-electron chi connectivity index (χ4n) is 1.85. The first kappa shape index (κ1) is 10.0. The van der Waals surface area contributed by atoms with E-state index in [0.717, 1.165) is 0 Å². The fraction of sp³-hybridized carbons (Fsp3) is 1.00. The molecule has 2 heteroatoms. The van der Waals surface area contributed by atoms with E-state index in [-0.39, 0.29) is 0 Å². The van der Waals surface area contributed by atoms with Gasteiger partial charge < -0.3 is 11.1 Å². The smallest absolute Gasteiger partial charge is 0.0221 e. The Morgan fingerprint density at radius 2 is 2.08 bits per heavy atom. The average molecular weight is 170 g/mol. The number of rotatable bonds is 3. The van der Waals surface area contributed by atoms with Crippen molar-refractivity contribution in [2.45, 2.75) is 64.1 Å². The van der Waals surface area contributed by atoms with Gasteiger partial charge in [-0.1, -0.05) is 19.8 Å². The molecule has 0 amide bonds. The molecule has 1 aliphatic carbocycles. The monoisotopic (exact) mass is 170 g/mol. The second kappa shape index (κ2) is 4.83. The summed E-state index contributed by atoms with van der Waals surface area (Å²) in [7, 11) is 0. The molecular weight excluding hydrogens is 148 g/mol. The molecule has 3 N–H and O–H groups in total. The summed E-state index contributed by atoms with van der Waals surface area (Å²) in [6.45, 7) is 4.45. The van der Waals surface area contributed by atoms with E-state index in [0.29, 0.717) is 18.1 Å². The van der Waals surface area contributed by atoms with Gasteiger partial charge in [-0.15, -0.1) is 0 Å². The van der Waals surface area contributed by atoms with Crippen LogP contribution in [0.3, 0.4) is 0 Å². The van der Waals surface area contributed by atoms with Crippen molar-refractivity contribution in [2.24, 2.45) is 5.73 Å². The van der Waals surface area contributed by atoms with Crippen LogP contribution in [0.25, 0.3) is 0 Å². The molecule has 3 unspecified atom stereocenters. The van der Waals surface area contributed by atoms with Crippen LogP contribution in [0.2, 0.25) is 0 Å². The third-order valence-corrected chi connectivity index (χ3v) is 2.93. The molecule has 1 saturated carbocycles. The molecule has 0 aliphatic heterocycles. The molecule has 0 aromatic carbocycles. The lowest BCUT2D eigenvalue weighted by molar-refractivity contribution is 0.302. The molecule has 0 spiro atoms. The Morgan fingerprint density at radius 1 is 1.42 bits per heavy atom. The Labute approximate surface area is 75.9 Å². The topological polar surface area (TPSA) is 38.0 Å². The molecule has 1 aliphatic rings. The molecule has 0 radical (unpaired) electrons. The highest BCUT2D eigenvalue weighted by atomic mass is 15.0. The van der Waals surface area contributed by atoms with E-state index in [9.17, 15) is 0 Å². The van der Waals surface area contributed by atoms with Gasteiger partial charge in [-0.05, 0) is 26.2 Å². The summed E-state index contributed by atoms with van der Waals surface area (Å²) in [5, 5.41) is 3.59. The van der Waals surface area contributed by atoms with Gasteiger partial charge in [0.2, 0.25) is 0 Å². The molecule has 0 aromatic rings. The van der Waals surface area contributed by atoms with Crippen molar-refractivity contribution in [1.82, 2.24) is 5.32 Å². The van der Waals surface area contributed by atoms with Crippen LogP contribution in [0.1, 0.15) is 46.0 Å². The van der Waals surface area contributed by atoms with Gasteiger partial charge >= 0.3 is 0 Å². The van der Waals surface area contributed by atoms with Crippen molar-refractivity contribution < 1.29 is 0 Å². The lowest BCUT2D eigenvalue weighted by Gasteiger charge is -2.31. The lowest BCUT2D eigenvalue weighted by atomic mass is 9.90. The summed E-state index contributed by atoms with van der Waals surface area (Å²) in [5.41, 5.74) is 6.02. The maximum atomic E-state index is 6.02. The summed E-state index contributed by atoms with van der Waals surface area (Å²) >= 11 is 0. The van der Waals surface area contributed by atoms with E-state index in [4.69, 9.17) is 5.73 Å². The van der Waals surface area contributed by atoms with Crippen molar-refractivity contribution in [3.05, 3.63) is 0 Å². The Bertz CT molecular complexity index is 125. The zero-order valence-electron chi connectivity index (χ0n) is 8.34. The van der Waals surface area contributed by atoms with E-state index in [1.807, 2.05) is 0 Å². The maximum absolute atomic E-state index is 6.02. The van der Waals surface area contributed by atoms with Crippen molar-refractivity contribution in [1.29, 1.82) is 0 Å². The van der Waals surface area contributed by atoms with Crippen LogP contribution in [-0.2, 0) is 0 Å². The highest BCUT2D eigenvalue weighted by Gasteiger charge is 2.21. The summed E-state index contributed by atoms with van der Waals surface area (Å²) in [6, 6.07) is 1.60. The number of nitrogens with two attached hydrogens (primary N) is 1. The van der Waals surface area contributed by atoms with Crippen LogP contribution < -0.4 is 11.1 Å². The quantitative estimate of drug-likeness (QED) is 0.676. The van der Waals surface area contributed by atoms with Gasteiger partial charge in [0.1, 0.15) is 0 Å². The fourth-order valence-corrected chi connectivity index (χ4v) is 1.85. The number of nitrogens with one attached hydrogen (secondary N) is 1. The Morgan fingerprint density at radius 3 is 2.67 bits per heavy atom. The molecule has 1 fully saturated rings. The zero-order valence-corrected chi connectivity index (χ0v) is 8.34. The standard InChI is InChI=1S/C10H22N2/c1-3-8(2)12-10-7-5-4-6-9(10)11/h8-10,12H,3-7,11H2,1-2H3. The largest absolute Gasteiger partial charge is 0.326 e. The zero-order chi connectivity index (χ0) is 8.97. The van der Waals surface area contributed by atoms with Crippen LogP contribution in [0.4, 0.5) is 0 Å². The second-order valence-corrected chi connectivity index (χ2v) is 4.03. The first-order chi connectivity index (χ1) is 5.74. The van der Waals surface area contributed by atoms with Crippen LogP contribution in [0.5, 0.6) is 0 Å². The molecule has 2 nitrogen and oxygen atoms in total. The highest BCUT2D eigenvalue weighted by molar-refractivity contribution is 4.84. The third kappa shape index (κ3) is 2.76. The van der Waals surface area contributed by atoms with Crippen molar-refractivity contribution >= 4 is 0 Å². The molecule has 12 heavy (non-hydrogen) atoms. The van der Waals surface area contributed by atoms with E-state index in [1.54, 1.807) is 0 Å². The minimum Gasteiger partial charge on any atom is -0.326 e. The normalized spacial score (nSPS) is 33.2. The van der Waals surface area contributed by atoms with Crippen molar-refractivity contribution in [3.63, 3.8) is 0 Å². The minimum atomic E-state index is 0.396. The average Bonchev–Trinajstić information content (AvgIpc) is 2.09. The molecule has 0 aromatic heterocycles. The summed E-state index contributed by atoms with van der Waals surface area (Å²) in [5.74, 6) is 0. The van der Waals surface area contributed by atoms with E-state index >= 15 is 0 Å². The minimum absolute atomic E-state index is 0.396. The van der Waals surface area contributed by atoms with Gasteiger partial charge in [-0.25, -0.2) is 0 Å². The molecule has 3 atom stereocenters. The Kier molecular flexibility index (Phi) is 4.02. The number of hydrogen-bond acceptors (Lipinski definition) is 2. The SMILES string of the molecule is CCC(C)NC1CCCCC1N. The van der Waals surface area contributed by atoms with Crippen LogP contribution in [0, 0.1) is 0 Å². The maximum Gasteiger partial charge on any atom is 0.0221 e. The van der Waals surface area contributed by atoms with Crippen LogP contribution in [0.15, 0.2) is 0 Å². The van der Waals surface area contributed by atoms with E-state index in [1.165, 1.54) is 32.1 Å². The lowest BCUT2D eigenvalue weighted by Crippen LogP contribution is -2.49. The third-order valence-electron chi connectivity index (χ3n) is 2.93. The summed E-state index contributed by atoms with van der Waals surface area (Å²) in [4.78, 5) is 0. The summed E-state index contributed by atoms with van der Waals surface area (Å²) in [6.07, 6.45) is 6.34. The van der Waals surface area contributed by atoms with Crippen molar-refractivity contribution in [2.75, 3.05) is 0 Å². The Balaban J connectivity index is 2.28. The van der Waals surface area contributed by atoms with E-state index < -0.39 is 0 Å². The molecule has 0 saturated heterocycles. The Hall–Kier alpha value is -0.0800. The molecule has 1 rings (SSSR count). The van der Waals surface area contributed by atoms with Gasteiger partial charge in [0.25, 0.3) is 0 Å². The van der Waals surface area contributed by atoms with Gasteiger partial charge in [-0.3, -0.25) is 0 Å². The summed E-state index contributed by atoms with van der Waals surface area (Å²) < 4.78 is 0. The van der Waals surface area contributed by atoms with Crippen LogP contribution in [-0.4, -0.2) is 18.1 Å². The first-order valence-electron chi connectivity index (χ1n) is 5.25. The highest BCUT2D eigenvalue weighted by Crippen LogP contribution is 2.17. The predicted octanol–water partition coefficient (Wildman–Crippen LogP) is 1.64. The number of hydrogen-bond donors (Lipinski definition) is 2. The first-order valence-corrected chi connectivity index (χ1v) is 5.25. The van der Waals surface area contributed by atoms with Crippen molar-refractivity contribution in [3.8, 4) is 0 Å². The van der Waals surface area contributed by atoms with Gasteiger partial charge in [0, 0.05) is 18.1 Å².